The van der Waals surface area contributed by atoms with Crippen molar-refractivity contribution < 1.29 is 4.79 Å². The van der Waals surface area contributed by atoms with Gasteiger partial charge in [-0.25, -0.2) is 0 Å². The predicted molar refractivity (Wildman–Crippen MR) is 128 cm³/mol. The third-order valence-corrected chi connectivity index (χ3v) is 4.66. The molecule has 158 valence electrons. The first-order valence-electron chi connectivity index (χ1n) is 10.1. The Labute approximate surface area is 187 Å². The molecule has 6 nitrogen and oxygen atoms in total. The number of nitrogens with one attached hydrogen (secondary N) is 3. The van der Waals surface area contributed by atoms with Gasteiger partial charge in [0.1, 0.15) is 0 Å². The first-order chi connectivity index (χ1) is 13.1. The average molecular weight is 501 g/mol. The third-order valence-electron chi connectivity index (χ3n) is 4.66. The zero-order valence-corrected chi connectivity index (χ0v) is 19.8. The molecule has 1 aromatic rings. The quantitative estimate of drug-likeness (QED) is 0.290. The van der Waals surface area contributed by atoms with Crippen molar-refractivity contribution in [3.63, 3.8) is 0 Å². The second kappa shape index (κ2) is 13.8. The third kappa shape index (κ3) is 9.73. The number of hydrogen-bond acceptors (Lipinski definition) is 3. The van der Waals surface area contributed by atoms with Crippen LogP contribution < -0.4 is 16.0 Å². The highest BCUT2D eigenvalue weighted by atomic mass is 127. The number of anilines is 1. The number of aliphatic imine (C=N–C) groups is 1. The summed E-state index contributed by atoms with van der Waals surface area (Å²) in [5, 5.41) is 9.69. The molecule has 1 aliphatic rings. The van der Waals surface area contributed by atoms with Gasteiger partial charge in [0.2, 0.25) is 5.91 Å². The minimum atomic E-state index is 0. The maximum atomic E-state index is 11.9. The Morgan fingerprint density at radius 1 is 1.18 bits per heavy atom. The first-order valence-corrected chi connectivity index (χ1v) is 10.1. The predicted octanol–water partition coefficient (Wildman–Crippen LogP) is 3.44. The molecule has 2 rings (SSSR count). The molecule has 7 heteroatoms. The summed E-state index contributed by atoms with van der Waals surface area (Å²) in [4.78, 5) is 18.7. The van der Waals surface area contributed by atoms with Gasteiger partial charge in [0.15, 0.2) is 5.96 Å². The SMILES string of the molecule is CN=C(NCCN1CCCCC1)NCc1cccc(NC(=O)CC(C)C)c1.I. The molecule has 1 saturated heterocycles. The number of halogens is 1. The maximum Gasteiger partial charge on any atom is 0.224 e. The van der Waals surface area contributed by atoms with E-state index in [0.29, 0.717) is 18.9 Å². The number of hydrogen-bond donors (Lipinski definition) is 3. The Morgan fingerprint density at radius 2 is 1.93 bits per heavy atom. The van der Waals surface area contributed by atoms with Crippen LogP contribution in [0.5, 0.6) is 0 Å². The van der Waals surface area contributed by atoms with E-state index in [9.17, 15) is 4.79 Å². The van der Waals surface area contributed by atoms with E-state index in [1.165, 1.54) is 32.4 Å². The molecule has 0 aromatic heterocycles. The maximum absolute atomic E-state index is 11.9. The summed E-state index contributed by atoms with van der Waals surface area (Å²) in [5.41, 5.74) is 1.95. The largest absolute Gasteiger partial charge is 0.355 e. The molecule has 0 bridgehead atoms. The minimum Gasteiger partial charge on any atom is -0.355 e. The van der Waals surface area contributed by atoms with Crippen molar-refractivity contribution in [3.8, 4) is 0 Å². The Hall–Kier alpha value is -1.35. The molecule has 0 saturated carbocycles. The molecule has 1 aliphatic heterocycles. The van der Waals surface area contributed by atoms with Gasteiger partial charge in [0.05, 0.1) is 0 Å². The van der Waals surface area contributed by atoms with E-state index in [1.807, 2.05) is 38.1 Å². The van der Waals surface area contributed by atoms with E-state index >= 15 is 0 Å². The number of benzene rings is 1. The van der Waals surface area contributed by atoms with Gasteiger partial charge in [-0.2, -0.15) is 0 Å². The van der Waals surface area contributed by atoms with Crippen LogP contribution in [0, 0.1) is 5.92 Å². The number of amides is 1. The summed E-state index contributed by atoms with van der Waals surface area (Å²) in [6.07, 6.45) is 4.54. The number of piperidine rings is 1. The van der Waals surface area contributed by atoms with E-state index in [-0.39, 0.29) is 29.9 Å². The van der Waals surface area contributed by atoms with Crippen molar-refractivity contribution in [2.24, 2.45) is 10.9 Å². The van der Waals surface area contributed by atoms with Gasteiger partial charge in [0, 0.05) is 38.8 Å². The van der Waals surface area contributed by atoms with Gasteiger partial charge in [0.25, 0.3) is 0 Å². The summed E-state index contributed by atoms with van der Waals surface area (Å²) < 4.78 is 0. The van der Waals surface area contributed by atoms with E-state index in [4.69, 9.17) is 0 Å². The molecule has 3 N–H and O–H groups in total. The fourth-order valence-electron chi connectivity index (χ4n) is 3.26. The van der Waals surface area contributed by atoms with Gasteiger partial charge >= 0.3 is 0 Å². The van der Waals surface area contributed by atoms with Crippen LogP contribution in [0.15, 0.2) is 29.3 Å². The average Bonchev–Trinajstić information content (AvgIpc) is 2.65. The smallest absolute Gasteiger partial charge is 0.224 e. The Morgan fingerprint density at radius 3 is 2.61 bits per heavy atom. The Bertz CT molecular complexity index is 615. The number of carbonyl (C=O) groups is 1. The van der Waals surface area contributed by atoms with Crippen molar-refractivity contribution >= 4 is 41.5 Å². The molecule has 0 aliphatic carbocycles. The molecule has 0 spiro atoms. The van der Waals surface area contributed by atoms with Gasteiger partial charge in [-0.15, -0.1) is 24.0 Å². The Kier molecular flexibility index (Phi) is 12.1. The zero-order chi connectivity index (χ0) is 19.5. The van der Waals surface area contributed by atoms with Gasteiger partial charge in [-0.1, -0.05) is 32.4 Å². The lowest BCUT2D eigenvalue weighted by atomic mass is 10.1. The summed E-state index contributed by atoms with van der Waals surface area (Å²) in [5.74, 6) is 1.22. The fraction of sp³-hybridized carbons (Fsp3) is 0.619. The van der Waals surface area contributed by atoms with Gasteiger partial charge in [-0.3, -0.25) is 9.79 Å². The highest BCUT2D eigenvalue weighted by Crippen LogP contribution is 2.12. The van der Waals surface area contributed by atoms with Crippen LogP contribution in [0.1, 0.15) is 45.1 Å². The molecule has 0 atom stereocenters. The number of carbonyl (C=O) groups excluding carboxylic acids is 1. The Balaban J connectivity index is 0.00000392. The van der Waals surface area contributed by atoms with Crippen LogP contribution in [0.4, 0.5) is 5.69 Å². The van der Waals surface area contributed by atoms with Crippen molar-refractivity contribution in [1.82, 2.24) is 15.5 Å². The van der Waals surface area contributed by atoms with Crippen LogP contribution in [-0.2, 0) is 11.3 Å². The molecule has 28 heavy (non-hydrogen) atoms. The van der Waals surface area contributed by atoms with Crippen LogP contribution in [0.25, 0.3) is 0 Å². The number of rotatable bonds is 8. The van der Waals surface area contributed by atoms with E-state index in [0.717, 1.165) is 30.3 Å². The number of nitrogens with zero attached hydrogens (tertiary/aromatic N) is 2. The molecule has 0 unspecified atom stereocenters. The van der Waals surface area contributed by atoms with E-state index in [1.54, 1.807) is 7.05 Å². The van der Waals surface area contributed by atoms with E-state index in [2.05, 4.69) is 25.8 Å². The van der Waals surface area contributed by atoms with Crippen molar-refractivity contribution in [1.29, 1.82) is 0 Å². The molecular formula is C21H36IN5O. The highest BCUT2D eigenvalue weighted by molar-refractivity contribution is 14.0. The van der Waals surface area contributed by atoms with Gasteiger partial charge < -0.3 is 20.9 Å². The topological polar surface area (TPSA) is 68.8 Å². The monoisotopic (exact) mass is 501 g/mol. The van der Waals surface area contributed by atoms with E-state index < -0.39 is 0 Å². The van der Waals surface area contributed by atoms with Crippen molar-refractivity contribution in [2.45, 2.75) is 46.1 Å². The van der Waals surface area contributed by atoms with Crippen LogP contribution in [0.2, 0.25) is 0 Å². The summed E-state index contributed by atoms with van der Waals surface area (Å²) >= 11 is 0. The van der Waals surface area contributed by atoms with Crippen molar-refractivity contribution in [2.75, 3.05) is 38.5 Å². The molecule has 1 aromatic carbocycles. The lowest BCUT2D eigenvalue weighted by Gasteiger charge is -2.26. The molecule has 1 heterocycles. The lowest BCUT2D eigenvalue weighted by molar-refractivity contribution is -0.116. The minimum absolute atomic E-state index is 0. The first kappa shape index (κ1) is 24.7. The van der Waals surface area contributed by atoms with Crippen LogP contribution in [0.3, 0.4) is 0 Å². The molecule has 0 radical (unpaired) electrons. The lowest BCUT2D eigenvalue weighted by Crippen LogP contribution is -2.42. The second-order valence-corrected chi connectivity index (χ2v) is 7.60. The second-order valence-electron chi connectivity index (χ2n) is 7.60. The molecular weight excluding hydrogens is 465 g/mol. The number of guanidine groups is 1. The normalized spacial score (nSPS) is 15.1. The summed E-state index contributed by atoms with van der Waals surface area (Å²) in [6.45, 7) is 9.13. The molecule has 1 amide bonds. The molecule has 1 fully saturated rings. The summed E-state index contributed by atoms with van der Waals surface area (Å²) in [6, 6.07) is 7.94. The zero-order valence-electron chi connectivity index (χ0n) is 17.5. The van der Waals surface area contributed by atoms with Crippen LogP contribution in [-0.4, -0.2) is 50.0 Å². The van der Waals surface area contributed by atoms with Crippen molar-refractivity contribution in [3.05, 3.63) is 29.8 Å². The van der Waals surface area contributed by atoms with Gasteiger partial charge in [-0.05, 0) is 49.5 Å². The highest BCUT2D eigenvalue weighted by Gasteiger charge is 2.09. The van der Waals surface area contributed by atoms with Crippen LogP contribution >= 0.6 is 24.0 Å². The fourth-order valence-corrected chi connectivity index (χ4v) is 3.26. The standard InChI is InChI=1S/C21H35N5O.HI/c1-17(2)14-20(27)25-19-9-7-8-18(15-19)16-24-21(22-3)23-10-13-26-11-5-4-6-12-26;/h7-9,15,17H,4-6,10-14,16H2,1-3H3,(H,25,27)(H2,22,23,24);1H. The summed E-state index contributed by atoms with van der Waals surface area (Å²) in [7, 11) is 1.79. The number of likely N-dealkylation sites (tertiary alicyclic amines) is 1.